The zero-order valence-corrected chi connectivity index (χ0v) is 22.7. The smallest absolute Gasteiger partial charge is 0.325 e. The number of para-hydroxylation sites is 1. The first-order chi connectivity index (χ1) is 17.9. The molecule has 188 valence electrons. The van der Waals surface area contributed by atoms with Crippen molar-refractivity contribution in [2.75, 3.05) is 15.5 Å². The summed E-state index contributed by atoms with van der Waals surface area (Å²) in [5.41, 5.74) is 3.12. The van der Waals surface area contributed by atoms with Crippen LogP contribution in [0.15, 0.2) is 101 Å². The van der Waals surface area contributed by atoms with E-state index in [-0.39, 0.29) is 28.5 Å². The fourth-order valence-electron chi connectivity index (χ4n) is 4.29. The topological polar surface area (TPSA) is 61.4 Å². The highest BCUT2D eigenvalue weighted by atomic mass is 35.5. The summed E-state index contributed by atoms with van der Waals surface area (Å²) in [4.78, 5) is 30.2. The van der Waals surface area contributed by atoms with Crippen LogP contribution in [0.3, 0.4) is 0 Å². The maximum absolute atomic E-state index is 13.6. The molecule has 37 heavy (non-hydrogen) atoms. The minimum atomic E-state index is -0.352. The molecule has 0 aromatic heterocycles. The molecule has 0 fully saturated rings. The molecule has 3 atom stereocenters. The average molecular weight is 548 g/mol. The Labute approximate surface area is 230 Å². The van der Waals surface area contributed by atoms with E-state index in [1.165, 1.54) is 11.8 Å². The number of nitrogens with one attached hydrogen (secondary N) is 2. The largest absolute Gasteiger partial charge is 0.326 e. The van der Waals surface area contributed by atoms with Gasteiger partial charge in [0.05, 0.1) is 22.2 Å². The molecule has 2 N–H and O–H groups in total. The lowest BCUT2D eigenvalue weighted by molar-refractivity contribution is -0.115. The van der Waals surface area contributed by atoms with E-state index in [0.29, 0.717) is 16.4 Å². The Hall–Kier alpha value is -3.13. The Balaban J connectivity index is 1.29. The average Bonchev–Trinajstić information content (AvgIpc) is 2.90. The second-order valence-electron chi connectivity index (χ2n) is 8.80. The summed E-state index contributed by atoms with van der Waals surface area (Å²) in [5.74, 6) is -0.115. The minimum absolute atomic E-state index is 0.0684. The van der Waals surface area contributed by atoms with Crippen LogP contribution in [0.25, 0.3) is 0 Å². The summed E-state index contributed by atoms with van der Waals surface area (Å²) in [6.07, 6.45) is 8.23. The normalized spacial score (nSPS) is 18.5. The molecule has 3 unspecified atom stereocenters. The summed E-state index contributed by atoms with van der Waals surface area (Å²) in [7, 11) is 0. The second-order valence-corrected chi connectivity index (χ2v) is 11.8. The van der Waals surface area contributed by atoms with Crippen LogP contribution in [0.1, 0.15) is 12.5 Å². The number of benzene rings is 3. The van der Waals surface area contributed by atoms with E-state index in [1.807, 2.05) is 85.5 Å². The SMILES string of the molecule is Cc1c(Cl)cccc1NC(=O)C(C)Sc1cccc(NC(=O)N2c3ccccc3SC3C=CC=CC32)c1. The van der Waals surface area contributed by atoms with Gasteiger partial charge in [-0.25, -0.2) is 4.79 Å². The van der Waals surface area contributed by atoms with Crippen LogP contribution in [0.5, 0.6) is 0 Å². The van der Waals surface area contributed by atoms with Gasteiger partial charge < -0.3 is 10.6 Å². The first-order valence-corrected chi connectivity index (χ1v) is 14.1. The van der Waals surface area contributed by atoms with Gasteiger partial charge >= 0.3 is 6.03 Å². The molecular formula is C29H26ClN3O2S2. The van der Waals surface area contributed by atoms with Gasteiger partial charge in [-0.1, -0.05) is 60.2 Å². The number of urea groups is 1. The van der Waals surface area contributed by atoms with E-state index in [1.54, 1.807) is 17.8 Å². The van der Waals surface area contributed by atoms with Crippen LogP contribution in [0, 0.1) is 6.92 Å². The zero-order valence-electron chi connectivity index (χ0n) is 20.4. The summed E-state index contributed by atoms with van der Waals surface area (Å²) in [6.45, 7) is 3.74. The number of halogens is 1. The molecule has 0 saturated heterocycles. The van der Waals surface area contributed by atoms with Gasteiger partial charge in [0.2, 0.25) is 5.91 Å². The third-order valence-electron chi connectivity index (χ3n) is 6.25. The fourth-order valence-corrected chi connectivity index (χ4v) is 6.65. The number of hydrogen-bond donors (Lipinski definition) is 2. The number of anilines is 3. The number of rotatable bonds is 5. The summed E-state index contributed by atoms with van der Waals surface area (Å²) in [5, 5.41) is 6.46. The molecule has 0 spiro atoms. The highest BCUT2D eigenvalue weighted by Gasteiger charge is 2.36. The third kappa shape index (κ3) is 5.59. The van der Waals surface area contributed by atoms with Gasteiger partial charge in [-0.2, -0.15) is 0 Å². The monoisotopic (exact) mass is 547 g/mol. The Kier molecular flexibility index (Phi) is 7.65. The zero-order chi connectivity index (χ0) is 25.9. The summed E-state index contributed by atoms with van der Waals surface area (Å²) < 4.78 is 0. The molecule has 5 nitrogen and oxygen atoms in total. The van der Waals surface area contributed by atoms with Gasteiger partial charge in [0.25, 0.3) is 0 Å². The van der Waals surface area contributed by atoms with Gasteiger partial charge in [0, 0.05) is 26.2 Å². The van der Waals surface area contributed by atoms with E-state index < -0.39 is 0 Å². The molecule has 3 amide bonds. The van der Waals surface area contributed by atoms with Crippen molar-refractivity contribution in [3.8, 4) is 0 Å². The van der Waals surface area contributed by atoms with Crippen molar-refractivity contribution in [3.63, 3.8) is 0 Å². The maximum atomic E-state index is 13.6. The number of carbonyl (C=O) groups is 2. The standard InChI is InChI=1S/C29H26ClN3O2S2/c1-18-22(30)11-8-12-23(18)32-28(34)19(2)36-21-10-7-9-20(17-21)31-29(35)33-24-13-3-5-15-26(24)37-27-16-6-4-14-25(27)33/h3-17,19,24,26H,1-2H3,(H,31,35)(H,32,34). The van der Waals surface area contributed by atoms with Crippen LogP contribution in [-0.4, -0.2) is 28.5 Å². The van der Waals surface area contributed by atoms with Crippen molar-refractivity contribution in [1.82, 2.24) is 0 Å². The van der Waals surface area contributed by atoms with Crippen LogP contribution < -0.4 is 15.5 Å². The van der Waals surface area contributed by atoms with Crippen molar-refractivity contribution in [2.45, 2.75) is 40.2 Å². The minimum Gasteiger partial charge on any atom is -0.325 e. The molecule has 1 heterocycles. The van der Waals surface area contributed by atoms with E-state index in [2.05, 4.69) is 28.9 Å². The number of hydrogen-bond acceptors (Lipinski definition) is 4. The highest BCUT2D eigenvalue weighted by Crippen LogP contribution is 2.43. The predicted molar refractivity (Wildman–Crippen MR) is 156 cm³/mol. The van der Waals surface area contributed by atoms with E-state index in [0.717, 1.165) is 21.0 Å². The Morgan fingerprint density at radius 1 is 1.00 bits per heavy atom. The van der Waals surface area contributed by atoms with Crippen molar-refractivity contribution in [1.29, 1.82) is 0 Å². The van der Waals surface area contributed by atoms with Gasteiger partial charge in [0.1, 0.15) is 0 Å². The van der Waals surface area contributed by atoms with Crippen LogP contribution >= 0.6 is 35.1 Å². The number of carbonyl (C=O) groups excluding carboxylic acids is 2. The quantitative estimate of drug-likeness (QED) is 0.320. The number of fused-ring (bicyclic) bond motifs is 2. The number of allylic oxidation sites excluding steroid dienone is 2. The second kappa shape index (κ2) is 11.1. The predicted octanol–water partition coefficient (Wildman–Crippen LogP) is 7.78. The molecule has 8 heteroatoms. The maximum Gasteiger partial charge on any atom is 0.326 e. The third-order valence-corrected chi connectivity index (χ3v) is 9.07. The number of amides is 3. The van der Waals surface area contributed by atoms with Crippen molar-refractivity contribution in [2.24, 2.45) is 0 Å². The van der Waals surface area contributed by atoms with Crippen molar-refractivity contribution in [3.05, 3.63) is 102 Å². The van der Waals surface area contributed by atoms with Gasteiger partial charge in [-0.05, 0) is 61.9 Å². The van der Waals surface area contributed by atoms with Crippen LogP contribution in [0.2, 0.25) is 5.02 Å². The lowest BCUT2D eigenvalue weighted by Gasteiger charge is -2.40. The fraction of sp³-hybridized carbons (Fsp3) is 0.172. The number of thioether (sulfide) groups is 2. The van der Waals surface area contributed by atoms with E-state index in [4.69, 9.17) is 11.6 Å². The van der Waals surface area contributed by atoms with Crippen molar-refractivity contribution < 1.29 is 9.59 Å². The Morgan fingerprint density at radius 2 is 1.78 bits per heavy atom. The lowest BCUT2D eigenvalue weighted by atomic mass is 10.1. The molecular weight excluding hydrogens is 522 g/mol. The van der Waals surface area contributed by atoms with Gasteiger partial charge in [0.15, 0.2) is 0 Å². The van der Waals surface area contributed by atoms with Gasteiger partial charge in [-0.15, -0.1) is 23.5 Å². The molecule has 5 rings (SSSR count). The molecule has 3 aromatic carbocycles. The Morgan fingerprint density at radius 3 is 2.65 bits per heavy atom. The first-order valence-electron chi connectivity index (χ1n) is 11.9. The molecule has 1 aliphatic heterocycles. The lowest BCUT2D eigenvalue weighted by Crippen LogP contribution is -2.49. The molecule has 0 bridgehead atoms. The molecule has 0 radical (unpaired) electrons. The van der Waals surface area contributed by atoms with E-state index in [9.17, 15) is 9.59 Å². The van der Waals surface area contributed by atoms with Crippen molar-refractivity contribution >= 4 is 64.1 Å². The van der Waals surface area contributed by atoms with E-state index >= 15 is 0 Å². The first kappa shape index (κ1) is 25.5. The summed E-state index contributed by atoms with van der Waals surface area (Å²) >= 11 is 9.39. The molecule has 2 aliphatic rings. The molecule has 3 aromatic rings. The molecule has 0 saturated carbocycles. The highest BCUT2D eigenvalue weighted by molar-refractivity contribution is 8.00. The number of nitrogens with zero attached hydrogens (tertiary/aromatic N) is 1. The molecule has 1 aliphatic carbocycles. The van der Waals surface area contributed by atoms with Gasteiger partial charge in [-0.3, -0.25) is 9.69 Å². The van der Waals surface area contributed by atoms with Crippen LogP contribution in [-0.2, 0) is 4.79 Å². The van der Waals surface area contributed by atoms with Crippen LogP contribution in [0.4, 0.5) is 21.9 Å². The Bertz CT molecular complexity index is 1410. The summed E-state index contributed by atoms with van der Waals surface area (Å²) in [6, 6.07) is 20.8.